The topological polar surface area (TPSA) is 18.5 Å². The van der Waals surface area contributed by atoms with Gasteiger partial charge in [0.05, 0.1) is 6.61 Å². The van der Waals surface area contributed by atoms with E-state index >= 15 is 0 Å². The van der Waals surface area contributed by atoms with Crippen molar-refractivity contribution in [3.8, 4) is 0 Å². The average molecular weight is 266 g/mol. The van der Waals surface area contributed by atoms with Crippen LogP contribution in [0.3, 0.4) is 0 Å². The molecule has 0 amide bonds. The molecule has 3 heteroatoms. The summed E-state index contributed by atoms with van der Waals surface area (Å²) in [5.41, 5.74) is 1.33. The van der Waals surface area contributed by atoms with Crippen molar-refractivity contribution in [2.45, 2.75) is 58.0 Å². The molecule has 2 aliphatic rings. The second-order valence-corrected chi connectivity index (χ2v) is 6.86. The summed E-state index contributed by atoms with van der Waals surface area (Å²) in [5, 5.41) is 0. The van der Waals surface area contributed by atoms with Gasteiger partial charge >= 0.3 is 8.90 Å². The molecule has 2 aliphatic carbocycles. The van der Waals surface area contributed by atoms with E-state index in [4.69, 9.17) is 8.85 Å². The van der Waals surface area contributed by atoms with Crippen molar-refractivity contribution in [3.63, 3.8) is 0 Å². The van der Waals surface area contributed by atoms with E-state index in [-0.39, 0.29) is 6.10 Å². The molecule has 18 heavy (non-hydrogen) atoms. The maximum atomic E-state index is 6.16. The van der Waals surface area contributed by atoms with Gasteiger partial charge in [0.15, 0.2) is 0 Å². The molecule has 0 N–H and O–H groups in total. The second-order valence-electron chi connectivity index (χ2n) is 5.59. The highest BCUT2D eigenvalue weighted by atomic mass is 28.3. The molecule has 0 aromatic rings. The summed E-state index contributed by atoms with van der Waals surface area (Å²) in [6.45, 7) is 7.02. The van der Waals surface area contributed by atoms with Gasteiger partial charge < -0.3 is 8.85 Å². The van der Waals surface area contributed by atoms with E-state index in [0.29, 0.717) is 18.4 Å². The Bertz CT molecular complexity index is 304. The number of hydrogen-bond donors (Lipinski definition) is 0. The Morgan fingerprint density at radius 1 is 1.22 bits per heavy atom. The van der Waals surface area contributed by atoms with Gasteiger partial charge in [-0.05, 0) is 56.2 Å². The minimum absolute atomic E-state index is 0.218. The predicted molar refractivity (Wildman–Crippen MR) is 77.8 cm³/mol. The highest BCUT2D eigenvalue weighted by Crippen LogP contribution is 2.42. The third kappa shape index (κ3) is 3.71. The van der Waals surface area contributed by atoms with E-state index in [0.717, 1.165) is 0 Å². The molecular weight excluding hydrogens is 240 g/mol. The molecule has 0 radical (unpaired) electrons. The van der Waals surface area contributed by atoms with E-state index in [1.165, 1.54) is 50.5 Å². The molecule has 0 spiro atoms. The monoisotopic (exact) mass is 266 g/mol. The fourth-order valence-electron chi connectivity index (χ4n) is 2.93. The molecule has 2 fully saturated rings. The van der Waals surface area contributed by atoms with Crippen LogP contribution in [0.2, 0.25) is 0 Å². The van der Waals surface area contributed by atoms with Crippen LogP contribution in [-0.2, 0) is 8.85 Å². The summed E-state index contributed by atoms with van der Waals surface area (Å²) in [6, 6.07) is 0. The summed E-state index contributed by atoms with van der Waals surface area (Å²) in [6.07, 6.45) is 13.5. The van der Waals surface area contributed by atoms with Crippen LogP contribution in [0.5, 0.6) is 0 Å². The average Bonchev–Trinajstić information content (AvgIpc) is 3.21. The lowest BCUT2D eigenvalue weighted by molar-refractivity contribution is 0.106. The van der Waals surface area contributed by atoms with Crippen LogP contribution in [0.1, 0.15) is 51.9 Å². The lowest BCUT2D eigenvalue weighted by Gasteiger charge is -2.32. The van der Waals surface area contributed by atoms with Gasteiger partial charge in [-0.25, -0.2) is 0 Å². The van der Waals surface area contributed by atoms with Gasteiger partial charge in [-0.15, -0.1) is 0 Å². The molecule has 2 nitrogen and oxygen atoms in total. The van der Waals surface area contributed by atoms with Crippen molar-refractivity contribution in [3.05, 3.63) is 12.2 Å². The van der Waals surface area contributed by atoms with Crippen molar-refractivity contribution >= 4 is 15.1 Å². The standard InChI is InChI=1S/C15H26O2Si/c1-4-16-18(3)17-15(12(2)13-10-11-13)14-8-6-5-7-9-14/h13-15H,2-11H2,1H3. The zero-order valence-electron chi connectivity index (χ0n) is 11.6. The molecule has 0 aromatic heterocycles. The lowest BCUT2D eigenvalue weighted by Crippen LogP contribution is -2.32. The molecule has 0 aliphatic heterocycles. The predicted octanol–water partition coefficient (Wildman–Crippen LogP) is 3.46. The molecule has 1 unspecified atom stereocenters. The Morgan fingerprint density at radius 2 is 1.89 bits per heavy atom. The third-order valence-electron chi connectivity index (χ3n) is 4.11. The Kier molecular flexibility index (Phi) is 5.04. The molecular formula is C15H26O2Si. The van der Waals surface area contributed by atoms with E-state index in [9.17, 15) is 0 Å². The van der Waals surface area contributed by atoms with E-state index in [2.05, 4.69) is 12.8 Å². The van der Waals surface area contributed by atoms with Crippen LogP contribution in [0.15, 0.2) is 12.2 Å². The largest absolute Gasteiger partial charge is 0.524 e. The normalized spacial score (nSPS) is 22.3. The van der Waals surface area contributed by atoms with Gasteiger partial charge in [-0.2, -0.15) is 0 Å². The molecule has 0 saturated heterocycles. The first kappa shape index (κ1) is 13.8. The quantitative estimate of drug-likeness (QED) is 0.519. The molecule has 0 aromatic carbocycles. The third-order valence-corrected chi connectivity index (χ3v) is 5.24. The van der Waals surface area contributed by atoms with Gasteiger partial charge in [-0.1, -0.05) is 25.8 Å². The Hall–Kier alpha value is -0.573. The van der Waals surface area contributed by atoms with Crippen LogP contribution >= 0.6 is 0 Å². The second kappa shape index (κ2) is 6.55. The van der Waals surface area contributed by atoms with Gasteiger partial charge in [0.2, 0.25) is 0 Å². The van der Waals surface area contributed by atoms with Gasteiger partial charge in [0.1, 0.15) is 6.10 Å². The van der Waals surface area contributed by atoms with Crippen molar-refractivity contribution in [1.82, 2.24) is 0 Å². The molecule has 102 valence electrons. The summed E-state index contributed by atoms with van der Waals surface area (Å²) in [5.74, 6) is 1.38. The first-order valence-electron chi connectivity index (χ1n) is 7.39. The number of hydrogen-bond acceptors (Lipinski definition) is 2. The first-order valence-corrected chi connectivity index (χ1v) is 8.91. The van der Waals surface area contributed by atoms with Gasteiger partial charge in [0, 0.05) is 0 Å². The summed E-state index contributed by atoms with van der Waals surface area (Å²) < 4.78 is 11.7. The van der Waals surface area contributed by atoms with Crippen LogP contribution in [0.25, 0.3) is 0 Å². The lowest BCUT2D eigenvalue weighted by atomic mass is 9.82. The maximum Gasteiger partial charge on any atom is 0.472 e. The molecule has 2 rings (SSSR count). The van der Waals surface area contributed by atoms with Crippen molar-refractivity contribution in [1.29, 1.82) is 0 Å². The first-order chi connectivity index (χ1) is 8.72. The van der Waals surface area contributed by atoms with Crippen molar-refractivity contribution < 1.29 is 8.85 Å². The summed E-state index contributed by atoms with van der Waals surface area (Å²) in [7, 11) is -1.35. The van der Waals surface area contributed by atoms with E-state index < -0.39 is 8.90 Å². The van der Waals surface area contributed by atoms with Crippen LogP contribution in [0.4, 0.5) is 0 Å². The molecule has 0 bridgehead atoms. The summed E-state index contributed by atoms with van der Waals surface area (Å²) >= 11 is 0. The Labute approximate surface area is 113 Å². The minimum atomic E-state index is -1.35. The van der Waals surface area contributed by atoms with E-state index in [1.807, 2.05) is 6.92 Å². The van der Waals surface area contributed by atoms with Crippen LogP contribution in [0, 0.1) is 11.8 Å². The SMILES string of the molecule is C=C(C1CC1)C(O[Si](=C)OCC)C1CCCCC1. The smallest absolute Gasteiger partial charge is 0.472 e. The minimum Gasteiger partial charge on any atom is -0.524 e. The zero-order valence-corrected chi connectivity index (χ0v) is 12.6. The van der Waals surface area contributed by atoms with Crippen molar-refractivity contribution in [2.24, 2.45) is 11.8 Å². The highest BCUT2D eigenvalue weighted by molar-refractivity contribution is 6.49. The van der Waals surface area contributed by atoms with Crippen LogP contribution < -0.4 is 0 Å². The fraction of sp³-hybridized carbons (Fsp3) is 0.800. The zero-order chi connectivity index (χ0) is 13.0. The maximum absolute atomic E-state index is 6.16. The highest BCUT2D eigenvalue weighted by Gasteiger charge is 2.35. The Balaban J connectivity index is 1.96. The van der Waals surface area contributed by atoms with Gasteiger partial charge in [0.25, 0.3) is 0 Å². The van der Waals surface area contributed by atoms with Crippen LogP contribution in [-0.4, -0.2) is 27.8 Å². The molecule has 1 atom stereocenters. The van der Waals surface area contributed by atoms with Crippen molar-refractivity contribution in [2.75, 3.05) is 6.61 Å². The Morgan fingerprint density at radius 3 is 2.44 bits per heavy atom. The van der Waals surface area contributed by atoms with Gasteiger partial charge in [-0.3, -0.25) is 0 Å². The number of rotatable bonds is 7. The molecule has 0 heterocycles. The van der Waals surface area contributed by atoms with E-state index in [1.54, 1.807) is 0 Å². The fourth-order valence-corrected chi connectivity index (χ4v) is 3.95. The summed E-state index contributed by atoms with van der Waals surface area (Å²) in [4.78, 5) is 0. The molecule has 2 saturated carbocycles.